The van der Waals surface area contributed by atoms with Gasteiger partial charge in [-0.15, -0.1) is 0 Å². The Morgan fingerprint density at radius 3 is 2.65 bits per heavy atom. The van der Waals surface area contributed by atoms with E-state index in [0.717, 1.165) is 5.56 Å². The molecule has 3 aromatic heterocycles. The quantitative estimate of drug-likeness (QED) is 0.263. The Balaban J connectivity index is 2.07. The minimum absolute atomic E-state index is 0.0201. The highest BCUT2D eigenvalue weighted by molar-refractivity contribution is 5.96. The second-order valence-electron chi connectivity index (χ2n) is 7.86. The summed E-state index contributed by atoms with van der Waals surface area (Å²) >= 11 is 0. The molecule has 0 saturated carbocycles. The molecule has 0 aliphatic heterocycles. The molecule has 0 spiro atoms. The molecule has 0 aliphatic rings. The Hall–Kier alpha value is -4.65. The molecule has 34 heavy (non-hydrogen) atoms. The average Bonchev–Trinajstić information content (AvgIpc) is 2.81. The zero-order chi connectivity index (χ0) is 24.6. The van der Waals surface area contributed by atoms with Gasteiger partial charge in [0.25, 0.3) is 17.2 Å². The van der Waals surface area contributed by atoms with Crippen molar-refractivity contribution >= 4 is 28.3 Å². The number of carbonyl (C=O) groups excluding carboxylic acids is 1. The third-order valence-corrected chi connectivity index (χ3v) is 5.53. The first-order valence-corrected chi connectivity index (χ1v) is 10.6. The summed E-state index contributed by atoms with van der Waals surface area (Å²) in [7, 11) is 0. The van der Waals surface area contributed by atoms with E-state index in [9.17, 15) is 25.0 Å². The lowest BCUT2D eigenvalue weighted by Crippen LogP contribution is -2.29. The summed E-state index contributed by atoms with van der Waals surface area (Å²) in [6.07, 6.45) is 2.23. The van der Waals surface area contributed by atoms with E-state index in [0.29, 0.717) is 29.8 Å². The first kappa shape index (κ1) is 22.5. The van der Waals surface area contributed by atoms with Crippen molar-refractivity contribution in [1.29, 1.82) is 5.26 Å². The van der Waals surface area contributed by atoms with Gasteiger partial charge in [0.2, 0.25) is 0 Å². The Bertz CT molecular complexity index is 1670. The number of amides is 1. The van der Waals surface area contributed by atoms with Crippen LogP contribution in [-0.2, 0) is 6.54 Å². The molecule has 0 fully saturated rings. The van der Waals surface area contributed by atoms with Crippen LogP contribution < -0.4 is 11.0 Å². The van der Waals surface area contributed by atoms with Crippen molar-refractivity contribution in [2.75, 3.05) is 0 Å². The van der Waals surface area contributed by atoms with E-state index < -0.39 is 10.8 Å². The molecule has 4 rings (SSSR count). The van der Waals surface area contributed by atoms with Crippen molar-refractivity contribution < 1.29 is 9.72 Å². The molecule has 0 atom stereocenters. The third-order valence-electron chi connectivity index (χ3n) is 5.53. The normalized spacial score (nSPS) is 11.6. The van der Waals surface area contributed by atoms with E-state index in [1.807, 2.05) is 26.0 Å². The summed E-state index contributed by atoms with van der Waals surface area (Å²) in [5.41, 5.74) is 1.54. The van der Waals surface area contributed by atoms with Crippen molar-refractivity contribution in [2.24, 2.45) is 4.99 Å². The second kappa shape index (κ2) is 8.71. The van der Waals surface area contributed by atoms with Crippen LogP contribution >= 0.6 is 0 Å². The van der Waals surface area contributed by atoms with E-state index in [1.54, 1.807) is 23.8 Å². The van der Waals surface area contributed by atoms with Gasteiger partial charge in [-0.25, -0.2) is 4.98 Å². The van der Waals surface area contributed by atoms with E-state index in [-0.39, 0.29) is 33.2 Å². The zero-order valence-electron chi connectivity index (χ0n) is 18.8. The van der Waals surface area contributed by atoms with Crippen LogP contribution in [0.25, 0.3) is 16.7 Å². The zero-order valence-corrected chi connectivity index (χ0v) is 18.8. The molecular weight excluding hydrogens is 436 g/mol. The predicted octanol–water partition coefficient (Wildman–Crippen LogP) is 3.20. The third kappa shape index (κ3) is 3.73. The fourth-order valence-corrected chi connectivity index (χ4v) is 3.83. The van der Waals surface area contributed by atoms with Gasteiger partial charge in [0.15, 0.2) is 5.49 Å². The molecule has 0 unspecified atom stereocenters. The van der Waals surface area contributed by atoms with Crippen LogP contribution in [0.2, 0.25) is 0 Å². The van der Waals surface area contributed by atoms with Crippen molar-refractivity contribution in [3.05, 3.63) is 90.8 Å². The van der Waals surface area contributed by atoms with E-state index in [1.165, 1.54) is 28.7 Å². The molecule has 0 radical (unpaired) electrons. The molecular formula is C24H20N6O4. The van der Waals surface area contributed by atoms with Crippen LogP contribution in [0.3, 0.4) is 0 Å². The molecule has 1 aromatic carbocycles. The molecule has 4 aromatic rings. The number of benzene rings is 1. The molecule has 1 amide bonds. The summed E-state index contributed by atoms with van der Waals surface area (Å²) in [4.78, 5) is 45.7. The van der Waals surface area contributed by atoms with E-state index in [2.05, 4.69) is 9.98 Å². The molecule has 0 N–H and O–H groups in total. The van der Waals surface area contributed by atoms with Crippen LogP contribution in [-0.4, -0.2) is 24.8 Å². The maximum atomic E-state index is 13.2. The van der Waals surface area contributed by atoms with Crippen molar-refractivity contribution in [3.8, 4) is 6.07 Å². The number of hydrogen-bond acceptors (Lipinski definition) is 6. The van der Waals surface area contributed by atoms with Crippen LogP contribution in [0.5, 0.6) is 0 Å². The van der Waals surface area contributed by atoms with Gasteiger partial charge in [-0.05, 0) is 44.0 Å². The maximum Gasteiger partial charge on any atom is 0.279 e. The molecule has 0 saturated heterocycles. The fourth-order valence-electron chi connectivity index (χ4n) is 3.83. The van der Waals surface area contributed by atoms with Gasteiger partial charge in [0.1, 0.15) is 17.4 Å². The minimum atomic E-state index is -0.738. The molecule has 3 heterocycles. The lowest BCUT2D eigenvalue weighted by atomic mass is 10.1. The van der Waals surface area contributed by atoms with Crippen LogP contribution in [0.4, 0.5) is 5.69 Å². The molecule has 0 bridgehead atoms. The van der Waals surface area contributed by atoms with Crippen LogP contribution in [0.15, 0.2) is 52.4 Å². The number of nitrogens with zero attached hydrogens (tertiary/aromatic N) is 6. The SMILES string of the molecule is CCCn1c(=NC(=O)c2ccc(C)c([N+](=O)[O-])c2)c(C#N)cc2c(=O)n3cccc(C)c3nc21. The van der Waals surface area contributed by atoms with Gasteiger partial charge < -0.3 is 4.57 Å². The Labute approximate surface area is 193 Å². The summed E-state index contributed by atoms with van der Waals surface area (Å²) in [6.45, 7) is 5.67. The number of fused-ring (bicyclic) bond motifs is 2. The topological polar surface area (TPSA) is 136 Å². The molecule has 0 aliphatic carbocycles. The van der Waals surface area contributed by atoms with Crippen molar-refractivity contribution in [3.63, 3.8) is 0 Å². The van der Waals surface area contributed by atoms with Crippen molar-refractivity contribution in [1.82, 2.24) is 14.0 Å². The summed E-state index contributed by atoms with van der Waals surface area (Å²) < 4.78 is 3.00. The smallest absolute Gasteiger partial charge is 0.279 e. The maximum absolute atomic E-state index is 13.2. The number of hydrogen-bond donors (Lipinski definition) is 0. The van der Waals surface area contributed by atoms with Crippen LogP contribution in [0, 0.1) is 35.3 Å². The van der Waals surface area contributed by atoms with Crippen molar-refractivity contribution in [2.45, 2.75) is 33.7 Å². The summed E-state index contributed by atoms with van der Waals surface area (Å²) in [5.74, 6) is -0.738. The number of nitro groups is 1. The van der Waals surface area contributed by atoms with Gasteiger partial charge in [0, 0.05) is 29.9 Å². The summed E-state index contributed by atoms with van der Waals surface area (Å²) in [6, 6.07) is 11.1. The molecule has 10 nitrogen and oxygen atoms in total. The lowest BCUT2D eigenvalue weighted by molar-refractivity contribution is -0.385. The minimum Gasteiger partial charge on any atom is -0.309 e. The standard InChI is InChI=1S/C24H20N6O4/c1-4-9-28-21(27-23(31)16-8-7-14(2)19(12-16)30(33)34)17(13-25)11-18-22(28)26-20-15(3)6-5-10-29(20)24(18)32/h5-8,10-12H,4,9H2,1-3H3. The largest absolute Gasteiger partial charge is 0.309 e. The highest BCUT2D eigenvalue weighted by atomic mass is 16.6. The second-order valence-corrected chi connectivity index (χ2v) is 7.86. The van der Waals surface area contributed by atoms with Gasteiger partial charge in [0.05, 0.1) is 15.9 Å². The molecule has 170 valence electrons. The summed E-state index contributed by atoms with van der Waals surface area (Å²) in [5, 5.41) is 21.3. The highest BCUT2D eigenvalue weighted by Crippen LogP contribution is 2.20. The van der Waals surface area contributed by atoms with Gasteiger partial charge >= 0.3 is 0 Å². The van der Waals surface area contributed by atoms with Gasteiger partial charge in [-0.2, -0.15) is 10.3 Å². The fraction of sp³-hybridized carbons (Fsp3) is 0.208. The average molecular weight is 456 g/mol. The first-order chi connectivity index (χ1) is 16.3. The van der Waals surface area contributed by atoms with Gasteiger partial charge in [-0.1, -0.05) is 19.1 Å². The number of rotatable bonds is 4. The number of pyridine rings is 2. The number of carbonyl (C=O) groups is 1. The monoisotopic (exact) mass is 456 g/mol. The molecule has 10 heteroatoms. The first-order valence-electron chi connectivity index (χ1n) is 10.6. The number of nitriles is 1. The Morgan fingerprint density at radius 2 is 1.97 bits per heavy atom. The Kier molecular flexibility index (Phi) is 5.77. The Morgan fingerprint density at radius 1 is 1.21 bits per heavy atom. The predicted molar refractivity (Wildman–Crippen MR) is 124 cm³/mol. The number of aryl methyl sites for hydroxylation is 3. The van der Waals surface area contributed by atoms with Gasteiger partial charge in [-0.3, -0.25) is 24.1 Å². The van der Waals surface area contributed by atoms with E-state index in [4.69, 9.17) is 0 Å². The highest BCUT2D eigenvalue weighted by Gasteiger charge is 2.18. The number of nitro benzene ring substituents is 1. The number of aromatic nitrogens is 3. The van der Waals surface area contributed by atoms with Crippen LogP contribution in [0.1, 0.15) is 40.4 Å². The lowest BCUT2D eigenvalue weighted by Gasteiger charge is -2.13. The van der Waals surface area contributed by atoms with E-state index >= 15 is 0 Å².